The largest absolute Gasteiger partial charge is 0.503 e. The second kappa shape index (κ2) is 10.0. The molecule has 0 bridgehead atoms. The van der Waals surface area contributed by atoms with Crippen molar-refractivity contribution in [3.8, 4) is 5.88 Å². The summed E-state index contributed by atoms with van der Waals surface area (Å²) in [6, 6.07) is 7.42. The van der Waals surface area contributed by atoms with Crippen LogP contribution in [0.15, 0.2) is 30.5 Å². The van der Waals surface area contributed by atoms with E-state index in [2.05, 4.69) is 12.0 Å². The molecule has 6 nitrogen and oxygen atoms in total. The number of esters is 1. The summed E-state index contributed by atoms with van der Waals surface area (Å²) in [6.07, 6.45) is 3.42. The maximum absolute atomic E-state index is 12.1. The van der Waals surface area contributed by atoms with E-state index < -0.39 is 5.97 Å². The van der Waals surface area contributed by atoms with Crippen LogP contribution in [0.4, 0.5) is 0 Å². The Hall–Kier alpha value is -2.47. The van der Waals surface area contributed by atoms with Gasteiger partial charge in [0.1, 0.15) is 17.3 Å². The van der Waals surface area contributed by atoms with Crippen molar-refractivity contribution in [3.05, 3.63) is 52.4 Å². The van der Waals surface area contributed by atoms with E-state index in [1.807, 2.05) is 31.2 Å². The fourth-order valence-electron chi connectivity index (χ4n) is 2.61. The lowest BCUT2D eigenvalue weighted by Crippen LogP contribution is -2.08. The maximum Gasteiger partial charge on any atom is 0.341 e. The fourth-order valence-corrected chi connectivity index (χ4v) is 2.81. The lowest BCUT2D eigenvalue weighted by molar-refractivity contribution is -0.133. The van der Waals surface area contributed by atoms with Crippen molar-refractivity contribution in [2.45, 2.75) is 39.8 Å². The molecule has 2 rings (SSSR count). The van der Waals surface area contributed by atoms with Gasteiger partial charge in [-0.1, -0.05) is 49.2 Å². The monoisotopic (exact) mass is 392 g/mol. The van der Waals surface area contributed by atoms with Gasteiger partial charge in [0.2, 0.25) is 5.88 Å². The number of aromatic nitrogens is 2. The number of hydrogen-bond acceptors (Lipinski definition) is 5. The molecule has 0 saturated carbocycles. The molecule has 0 amide bonds. The summed E-state index contributed by atoms with van der Waals surface area (Å²) < 4.78 is 17.6. The molecule has 0 spiro atoms. The average molecular weight is 393 g/mol. The van der Waals surface area contributed by atoms with Gasteiger partial charge in [-0.3, -0.25) is 4.68 Å². The predicted molar refractivity (Wildman–Crippen MR) is 105 cm³/mol. The van der Waals surface area contributed by atoms with E-state index in [9.17, 15) is 4.79 Å². The molecular formula is C20H25ClN2O4. The van der Waals surface area contributed by atoms with Gasteiger partial charge in [-0.05, 0) is 24.5 Å². The molecule has 7 heteroatoms. The van der Waals surface area contributed by atoms with Gasteiger partial charge in [0, 0.05) is 12.1 Å². The van der Waals surface area contributed by atoms with Crippen LogP contribution in [0.5, 0.6) is 5.88 Å². The van der Waals surface area contributed by atoms with Gasteiger partial charge in [-0.25, -0.2) is 4.79 Å². The molecule has 27 heavy (non-hydrogen) atoms. The Morgan fingerprint density at radius 1 is 1.30 bits per heavy atom. The van der Waals surface area contributed by atoms with Crippen LogP contribution in [-0.2, 0) is 27.4 Å². The molecule has 0 aliphatic rings. The highest BCUT2D eigenvalue weighted by atomic mass is 35.5. The van der Waals surface area contributed by atoms with Gasteiger partial charge in [-0.15, -0.1) is 5.10 Å². The molecule has 0 atom stereocenters. The number of rotatable bonds is 9. The molecule has 0 unspecified atom stereocenters. The summed E-state index contributed by atoms with van der Waals surface area (Å²) in [5.74, 6) is 0.00798. The first kappa shape index (κ1) is 20.8. The number of ether oxygens (including phenoxy) is 3. The minimum Gasteiger partial charge on any atom is -0.503 e. The number of methoxy groups -OCH3 is 2. The first-order valence-electron chi connectivity index (χ1n) is 8.78. The van der Waals surface area contributed by atoms with Crippen molar-refractivity contribution in [2.75, 3.05) is 14.2 Å². The molecule has 0 aliphatic carbocycles. The van der Waals surface area contributed by atoms with Crippen molar-refractivity contribution in [1.82, 2.24) is 9.78 Å². The summed E-state index contributed by atoms with van der Waals surface area (Å²) in [5, 5.41) is 5.04. The van der Waals surface area contributed by atoms with Crippen molar-refractivity contribution in [1.29, 1.82) is 0 Å². The van der Waals surface area contributed by atoms with Crippen LogP contribution in [0, 0.1) is 6.92 Å². The highest BCUT2D eigenvalue weighted by molar-refractivity contribution is 6.30. The van der Waals surface area contributed by atoms with E-state index in [-0.39, 0.29) is 6.61 Å². The lowest BCUT2D eigenvalue weighted by Gasteiger charge is -2.12. The molecule has 1 heterocycles. The van der Waals surface area contributed by atoms with E-state index in [0.29, 0.717) is 22.2 Å². The van der Waals surface area contributed by atoms with Crippen molar-refractivity contribution in [3.63, 3.8) is 0 Å². The van der Waals surface area contributed by atoms with Crippen LogP contribution < -0.4 is 4.74 Å². The minimum absolute atomic E-state index is 0.232. The third kappa shape index (κ3) is 5.04. The number of benzene rings is 1. The molecule has 0 N–H and O–H groups in total. The number of unbranched alkanes of at least 4 members (excludes halogenated alkanes) is 1. The Kier molecular flexibility index (Phi) is 7.73. The molecule has 146 valence electrons. The first-order valence-corrected chi connectivity index (χ1v) is 9.16. The molecule has 0 saturated heterocycles. The zero-order valence-corrected chi connectivity index (χ0v) is 16.9. The molecule has 0 radical (unpaired) electrons. The van der Waals surface area contributed by atoms with Gasteiger partial charge < -0.3 is 14.2 Å². The predicted octanol–water partition coefficient (Wildman–Crippen LogP) is 4.38. The SMILES string of the molecule is CCCCn1nc(OCc2ccccc2/C(=C\OC)C(=O)OC)c(C)c1Cl. The number of carbonyl (C=O) groups excluding carboxylic acids is 1. The summed E-state index contributed by atoms with van der Waals surface area (Å²) >= 11 is 6.35. The quantitative estimate of drug-likeness (QED) is 0.360. The van der Waals surface area contributed by atoms with E-state index in [0.717, 1.165) is 30.5 Å². The van der Waals surface area contributed by atoms with Crippen molar-refractivity contribution < 1.29 is 19.0 Å². The summed E-state index contributed by atoms with van der Waals surface area (Å²) in [4.78, 5) is 12.1. The first-order chi connectivity index (χ1) is 13.0. The number of hydrogen-bond donors (Lipinski definition) is 0. The van der Waals surface area contributed by atoms with E-state index in [1.54, 1.807) is 4.68 Å². The maximum atomic E-state index is 12.1. The average Bonchev–Trinajstić information content (AvgIpc) is 2.96. The zero-order chi connectivity index (χ0) is 19.8. The third-order valence-corrected chi connectivity index (χ3v) is 4.58. The van der Waals surface area contributed by atoms with Crippen LogP contribution in [0.2, 0.25) is 5.15 Å². The number of nitrogens with zero attached hydrogens (tertiary/aromatic N) is 2. The lowest BCUT2D eigenvalue weighted by atomic mass is 10.0. The van der Waals surface area contributed by atoms with E-state index in [4.69, 9.17) is 25.8 Å². The van der Waals surface area contributed by atoms with Crippen LogP contribution in [0.3, 0.4) is 0 Å². The third-order valence-electron chi connectivity index (χ3n) is 4.10. The molecular weight excluding hydrogens is 368 g/mol. The number of carbonyl (C=O) groups is 1. The van der Waals surface area contributed by atoms with Crippen molar-refractivity contribution in [2.24, 2.45) is 0 Å². The topological polar surface area (TPSA) is 62.6 Å². The number of aryl methyl sites for hydroxylation is 1. The standard InChI is InChI=1S/C20H25ClN2O4/c1-5-6-11-23-18(21)14(2)19(22-23)27-12-15-9-7-8-10-16(15)17(13-25-3)20(24)26-4/h7-10,13H,5-6,11-12H2,1-4H3/b17-13+. The Morgan fingerprint density at radius 3 is 2.70 bits per heavy atom. The van der Waals surface area contributed by atoms with E-state index in [1.165, 1.54) is 20.5 Å². The zero-order valence-electron chi connectivity index (χ0n) is 16.1. The van der Waals surface area contributed by atoms with Crippen LogP contribution in [-0.4, -0.2) is 30.0 Å². The summed E-state index contributed by atoms with van der Waals surface area (Å²) in [5.41, 5.74) is 2.61. The van der Waals surface area contributed by atoms with Crippen LogP contribution in [0.25, 0.3) is 5.57 Å². The number of halogens is 1. The molecule has 1 aromatic carbocycles. The van der Waals surface area contributed by atoms with Gasteiger partial charge in [-0.2, -0.15) is 0 Å². The summed E-state index contributed by atoms with van der Waals surface area (Å²) in [6.45, 7) is 4.98. The minimum atomic E-state index is -0.479. The molecule has 1 aromatic heterocycles. The van der Waals surface area contributed by atoms with Gasteiger partial charge >= 0.3 is 5.97 Å². The summed E-state index contributed by atoms with van der Waals surface area (Å²) in [7, 11) is 2.82. The van der Waals surface area contributed by atoms with Crippen LogP contribution in [0.1, 0.15) is 36.5 Å². The Bertz CT molecular complexity index is 814. The van der Waals surface area contributed by atoms with E-state index >= 15 is 0 Å². The normalized spacial score (nSPS) is 11.4. The van der Waals surface area contributed by atoms with Gasteiger partial charge in [0.25, 0.3) is 0 Å². The highest BCUT2D eigenvalue weighted by Crippen LogP contribution is 2.27. The second-order valence-corrected chi connectivity index (χ2v) is 6.36. The smallest absolute Gasteiger partial charge is 0.341 e. The second-order valence-electron chi connectivity index (χ2n) is 6.00. The van der Waals surface area contributed by atoms with Crippen molar-refractivity contribution >= 4 is 23.1 Å². The highest BCUT2D eigenvalue weighted by Gasteiger charge is 2.18. The molecule has 0 aliphatic heterocycles. The Morgan fingerprint density at radius 2 is 2.04 bits per heavy atom. The van der Waals surface area contributed by atoms with Gasteiger partial charge in [0.05, 0.1) is 20.5 Å². The van der Waals surface area contributed by atoms with Crippen LogP contribution >= 0.6 is 11.6 Å². The fraction of sp³-hybridized carbons (Fsp3) is 0.400. The molecule has 2 aromatic rings. The Labute approximate surface area is 164 Å². The Balaban J connectivity index is 2.25. The van der Waals surface area contributed by atoms with Gasteiger partial charge in [0.15, 0.2) is 0 Å². The molecule has 0 fully saturated rings.